The molecule has 1 atom stereocenters. The predicted molar refractivity (Wildman–Crippen MR) is 92.0 cm³/mol. The first kappa shape index (κ1) is 21.1. The molecule has 1 aliphatic carbocycles. The van der Waals surface area contributed by atoms with Crippen molar-refractivity contribution >= 4 is 15.2 Å². The lowest BCUT2D eigenvalue weighted by molar-refractivity contribution is 0.176. The first-order valence-corrected chi connectivity index (χ1v) is 11.3. The van der Waals surface area contributed by atoms with Gasteiger partial charge in [0.05, 0.1) is 26.4 Å². The molecule has 0 spiro atoms. The van der Waals surface area contributed by atoms with Gasteiger partial charge in [-0.1, -0.05) is 19.1 Å². The van der Waals surface area contributed by atoms with Gasteiger partial charge in [0.1, 0.15) is 0 Å². The van der Waals surface area contributed by atoms with Crippen molar-refractivity contribution in [1.29, 1.82) is 0 Å². The zero-order valence-corrected chi connectivity index (χ0v) is 16.7. The quantitative estimate of drug-likeness (QED) is 0.390. The molecule has 6 nitrogen and oxygen atoms in total. The molecule has 0 bridgehead atoms. The highest BCUT2D eigenvalue weighted by atomic mass is 31.2. The maximum atomic E-state index is 13.6. The van der Waals surface area contributed by atoms with Crippen molar-refractivity contribution in [3.05, 3.63) is 12.2 Å². The zero-order valence-electron chi connectivity index (χ0n) is 14.9. The molecule has 0 aromatic carbocycles. The number of hydrogen-bond donors (Lipinski definition) is 0. The fraction of sp³-hybridized carbons (Fsp3) is 0.867. The van der Waals surface area contributed by atoms with Crippen LogP contribution in [0, 0.1) is 5.92 Å². The SMILES string of the molecule is C=C1CC(P(=O)(OCC)OCC)(P(=O)(OCC)OCC)CC1C. The molecule has 1 saturated carbocycles. The van der Waals surface area contributed by atoms with Crippen LogP contribution in [-0.4, -0.2) is 31.3 Å². The second kappa shape index (κ2) is 8.42. The Morgan fingerprint density at radius 1 is 0.957 bits per heavy atom. The molecule has 0 radical (unpaired) electrons. The number of allylic oxidation sites excluding steroid dienone is 1. The summed E-state index contributed by atoms with van der Waals surface area (Å²) in [5, 5.41) is 0. The van der Waals surface area contributed by atoms with E-state index in [2.05, 4.69) is 6.58 Å². The van der Waals surface area contributed by atoms with Crippen LogP contribution in [0.5, 0.6) is 0 Å². The lowest BCUT2D eigenvalue weighted by Crippen LogP contribution is -2.31. The third kappa shape index (κ3) is 3.84. The Morgan fingerprint density at radius 2 is 1.30 bits per heavy atom. The Balaban J connectivity index is 3.52. The van der Waals surface area contributed by atoms with Crippen LogP contribution in [0.3, 0.4) is 0 Å². The Morgan fingerprint density at radius 3 is 1.52 bits per heavy atom. The van der Waals surface area contributed by atoms with E-state index < -0.39 is 20.1 Å². The molecule has 0 N–H and O–H groups in total. The molecule has 0 heterocycles. The van der Waals surface area contributed by atoms with Crippen molar-refractivity contribution in [2.75, 3.05) is 26.4 Å². The Bertz CT molecular complexity index is 454. The van der Waals surface area contributed by atoms with Gasteiger partial charge < -0.3 is 18.1 Å². The molecule has 8 heteroatoms. The first-order valence-electron chi connectivity index (χ1n) is 8.21. The fourth-order valence-electron chi connectivity index (χ4n) is 3.05. The largest absolute Gasteiger partial charge is 0.349 e. The first-order chi connectivity index (χ1) is 10.8. The summed E-state index contributed by atoms with van der Waals surface area (Å²) >= 11 is 0. The van der Waals surface area contributed by atoms with Gasteiger partial charge in [-0.25, -0.2) is 0 Å². The van der Waals surface area contributed by atoms with Gasteiger partial charge in [-0.15, -0.1) is 0 Å². The molecule has 0 amide bonds. The van der Waals surface area contributed by atoms with Crippen LogP contribution in [0.2, 0.25) is 0 Å². The van der Waals surface area contributed by atoms with Gasteiger partial charge in [0.15, 0.2) is 4.90 Å². The van der Waals surface area contributed by atoms with Crippen molar-refractivity contribution in [2.45, 2.75) is 52.4 Å². The summed E-state index contributed by atoms with van der Waals surface area (Å²) < 4.78 is 49.4. The average Bonchev–Trinajstić information content (AvgIpc) is 2.78. The van der Waals surface area contributed by atoms with Crippen molar-refractivity contribution < 1.29 is 27.2 Å². The van der Waals surface area contributed by atoms with E-state index in [4.69, 9.17) is 18.1 Å². The molecule has 1 aliphatic rings. The van der Waals surface area contributed by atoms with Crippen LogP contribution in [0.1, 0.15) is 47.5 Å². The maximum absolute atomic E-state index is 13.6. The van der Waals surface area contributed by atoms with Crippen LogP contribution in [0.25, 0.3) is 0 Å². The molecule has 23 heavy (non-hydrogen) atoms. The Hall–Kier alpha value is 0.0400. The highest BCUT2D eigenvalue weighted by Gasteiger charge is 2.67. The highest BCUT2D eigenvalue weighted by molar-refractivity contribution is 7.74. The van der Waals surface area contributed by atoms with Gasteiger partial charge in [0.2, 0.25) is 0 Å². The van der Waals surface area contributed by atoms with Gasteiger partial charge in [0, 0.05) is 0 Å². The standard InChI is InChI=1S/C15H30O6P2/c1-7-18-22(16,19-8-2)15(11-13(5)14(6)12-15)23(17,20-9-3)21-10-4/h14H,5,7-12H2,1-4,6H3. The normalized spacial score (nSPS) is 21.8. The molecule has 1 rings (SSSR count). The maximum Gasteiger partial charge on any atom is 0.349 e. The van der Waals surface area contributed by atoms with Gasteiger partial charge in [0.25, 0.3) is 0 Å². The second-order valence-electron chi connectivity index (χ2n) is 5.59. The zero-order chi connectivity index (χ0) is 17.7. The molecular weight excluding hydrogens is 338 g/mol. The van der Waals surface area contributed by atoms with E-state index in [9.17, 15) is 9.13 Å². The summed E-state index contributed by atoms with van der Waals surface area (Å²) in [4.78, 5) is -1.32. The number of hydrogen-bond acceptors (Lipinski definition) is 6. The van der Waals surface area contributed by atoms with Gasteiger partial charge in [-0.3, -0.25) is 9.13 Å². The van der Waals surface area contributed by atoms with Crippen molar-refractivity contribution in [1.82, 2.24) is 0 Å². The average molecular weight is 368 g/mol. The van der Waals surface area contributed by atoms with Crippen LogP contribution >= 0.6 is 15.2 Å². The van der Waals surface area contributed by atoms with E-state index in [1.165, 1.54) is 0 Å². The van der Waals surface area contributed by atoms with Crippen molar-refractivity contribution in [3.8, 4) is 0 Å². The highest BCUT2D eigenvalue weighted by Crippen LogP contribution is 2.83. The Labute approximate surface area is 140 Å². The molecule has 0 aliphatic heterocycles. The van der Waals surface area contributed by atoms with E-state index in [0.29, 0.717) is 6.42 Å². The number of rotatable bonds is 10. The summed E-state index contributed by atoms with van der Waals surface area (Å²) in [5.74, 6) is 0.0403. The molecule has 136 valence electrons. The van der Waals surface area contributed by atoms with E-state index in [0.717, 1.165) is 5.57 Å². The Kier molecular flexibility index (Phi) is 7.72. The molecule has 0 aromatic heterocycles. The summed E-state index contributed by atoms with van der Waals surface area (Å²) in [6, 6.07) is 0. The summed E-state index contributed by atoms with van der Waals surface area (Å²) in [6.07, 6.45) is 0.600. The minimum Gasteiger partial charge on any atom is -0.308 e. The van der Waals surface area contributed by atoms with Crippen molar-refractivity contribution in [2.24, 2.45) is 5.92 Å². The lowest BCUT2D eigenvalue weighted by Gasteiger charge is -2.39. The van der Waals surface area contributed by atoms with E-state index in [1.54, 1.807) is 27.7 Å². The van der Waals surface area contributed by atoms with E-state index in [1.807, 2.05) is 6.92 Å². The van der Waals surface area contributed by atoms with Gasteiger partial charge in [-0.05, 0) is 46.5 Å². The van der Waals surface area contributed by atoms with Crippen LogP contribution < -0.4 is 0 Å². The van der Waals surface area contributed by atoms with Crippen LogP contribution in [0.15, 0.2) is 12.2 Å². The summed E-state index contributed by atoms with van der Waals surface area (Å²) in [7, 11) is -7.46. The monoisotopic (exact) mass is 368 g/mol. The minimum absolute atomic E-state index is 0.0403. The molecule has 0 aromatic rings. The molecule has 1 fully saturated rings. The fourth-order valence-corrected chi connectivity index (χ4v) is 9.20. The molecule has 0 saturated heterocycles. The predicted octanol–water partition coefficient (Wildman–Crippen LogP) is 5.20. The summed E-state index contributed by atoms with van der Waals surface area (Å²) in [5.41, 5.74) is 0.865. The lowest BCUT2D eigenvalue weighted by atomic mass is 10.1. The topological polar surface area (TPSA) is 71.1 Å². The van der Waals surface area contributed by atoms with Crippen LogP contribution in [-0.2, 0) is 27.2 Å². The molecular formula is C15H30O6P2. The third-order valence-electron chi connectivity index (χ3n) is 4.06. The molecule has 1 unspecified atom stereocenters. The smallest absolute Gasteiger partial charge is 0.308 e. The summed E-state index contributed by atoms with van der Waals surface area (Å²) in [6.45, 7) is 13.7. The van der Waals surface area contributed by atoms with E-state index in [-0.39, 0.29) is 38.8 Å². The van der Waals surface area contributed by atoms with Crippen molar-refractivity contribution in [3.63, 3.8) is 0 Å². The second-order valence-corrected chi connectivity index (χ2v) is 10.7. The van der Waals surface area contributed by atoms with E-state index >= 15 is 0 Å². The van der Waals surface area contributed by atoms with Gasteiger partial charge >= 0.3 is 15.2 Å². The van der Waals surface area contributed by atoms with Crippen LogP contribution in [0.4, 0.5) is 0 Å². The minimum atomic E-state index is -3.73. The van der Waals surface area contributed by atoms with Gasteiger partial charge in [-0.2, -0.15) is 0 Å². The third-order valence-corrected chi connectivity index (χ3v) is 10.6.